The first-order chi connectivity index (χ1) is 14.8. The number of aromatic nitrogens is 2. The molecule has 9 heteroatoms. The number of ether oxygens (including phenoxy) is 2. The molecule has 4 rings (SSSR count). The van der Waals surface area contributed by atoms with E-state index in [-0.39, 0.29) is 6.09 Å². The minimum atomic E-state index is -0.480. The predicted molar refractivity (Wildman–Crippen MR) is 119 cm³/mol. The molecule has 1 amide bonds. The van der Waals surface area contributed by atoms with Crippen LogP contribution >= 0.6 is 0 Å². The second kappa shape index (κ2) is 9.16. The normalized spacial score (nSPS) is 22.4. The molecule has 2 saturated heterocycles. The average Bonchev–Trinajstić information content (AvgIpc) is 3.15. The van der Waals surface area contributed by atoms with Crippen molar-refractivity contribution >= 4 is 11.9 Å². The van der Waals surface area contributed by atoms with E-state index >= 15 is 0 Å². The maximum absolute atomic E-state index is 12.4. The number of piperazine rings is 1. The summed E-state index contributed by atoms with van der Waals surface area (Å²) in [5.74, 6) is 0.963. The van der Waals surface area contributed by atoms with Crippen molar-refractivity contribution in [2.75, 3.05) is 57.8 Å². The van der Waals surface area contributed by atoms with Gasteiger partial charge in [-0.3, -0.25) is 0 Å². The summed E-state index contributed by atoms with van der Waals surface area (Å²) >= 11 is 0. The third-order valence-electron chi connectivity index (χ3n) is 6.20. The molecule has 1 aromatic rings. The topological polar surface area (TPSA) is 83.1 Å². The van der Waals surface area contributed by atoms with Crippen molar-refractivity contribution in [3.63, 3.8) is 0 Å². The molecular formula is C22H36N6O3. The highest BCUT2D eigenvalue weighted by Crippen LogP contribution is 2.28. The number of anilines is 1. The molecule has 1 atom stereocenters. The van der Waals surface area contributed by atoms with E-state index in [1.807, 2.05) is 20.8 Å². The van der Waals surface area contributed by atoms with Crippen LogP contribution in [0, 0.1) is 0 Å². The van der Waals surface area contributed by atoms with Gasteiger partial charge < -0.3 is 29.5 Å². The van der Waals surface area contributed by atoms with Crippen LogP contribution in [0.15, 0.2) is 0 Å². The second-order valence-corrected chi connectivity index (χ2v) is 9.72. The van der Waals surface area contributed by atoms with Crippen molar-refractivity contribution in [1.29, 1.82) is 0 Å². The lowest BCUT2D eigenvalue weighted by molar-refractivity contribution is 0.0240. The molecule has 0 bridgehead atoms. The molecule has 9 nitrogen and oxygen atoms in total. The van der Waals surface area contributed by atoms with Crippen molar-refractivity contribution in [2.45, 2.75) is 58.2 Å². The van der Waals surface area contributed by atoms with Crippen molar-refractivity contribution < 1.29 is 14.3 Å². The fraction of sp³-hybridized carbons (Fsp3) is 0.773. The lowest BCUT2D eigenvalue weighted by Gasteiger charge is -2.37. The maximum atomic E-state index is 12.4. The number of carbonyl (C=O) groups is 1. The summed E-state index contributed by atoms with van der Waals surface area (Å²) < 4.78 is 11.6. The Morgan fingerprint density at radius 3 is 2.61 bits per heavy atom. The molecule has 1 N–H and O–H groups in total. The highest BCUT2D eigenvalue weighted by Gasteiger charge is 2.29. The summed E-state index contributed by atoms with van der Waals surface area (Å²) in [5, 5.41) is 3.40. The van der Waals surface area contributed by atoms with E-state index in [2.05, 4.69) is 22.2 Å². The van der Waals surface area contributed by atoms with Crippen LogP contribution < -0.4 is 15.0 Å². The average molecular weight is 433 g/mol. The highest BCUT2D eigenvalue weighted by molar-refractivity contribution is 5.68. The first kappa shape index (κ1) is 22.1. The predicted octanol–water partition coefficient (Wildman–Crippen LogP) is 1.65. The van der Waals surface area contributed by atoms with Gasteiger partial charge in [0.15, 0.2) is 0 Å². The molecular weight excluding hydrogens is 396 g/mol. The van der Waals surface area contributed by atoms with Crippen LogP contribution in [0.4, 0.5) is 10.6 Å². The van der Waals surface area contributed by atoms with Crippen LogP contribution in [0.1, 0.15) is 44.9 Å². The zero-order valence-electron chi connectivity index (χ0n) is 19.3. The molecule has 3 aliphatic heterocycles. The van der Waals surface area contributed by atoms with E-state index < -0.39 is 5.60 Å². The molecule has 0 spiro atoms. The van der Waals surface area contributed by atoms with Crippen molar-refractivity contribution in [2.24, 2.45) is 0 Å². The molecule has 0 aliphatic carbocycles. The SMILES string of the molecule is CN1CCCC1COc1nc2c(c(N3CCN(C(=O)OC(C)(C)C)CC3)n1)CCNC2. The molecule has 2 fully saturated rings. The number of nitrogens with zero attached hydrogens (tertiary/aromatic N) is 5. The second-order valence-electron chi connectivity index (χ2n) is 9.72. The molecule has 0 saturated carbocycles. The van der Waals surface area contributed by atoms with Gasteiger partial charge in [0.05, 0.1) is 5.69 Å². The van der Waals surface area contributed by atoms with Crippen molar-refractivity contribution in [1.82, 2.24) is 25.1 Å². The summed E-state index contributed by atoms with van der Waals surface area (Å²) in [5.41, 5.74) is 1.75. The minimum Gasteiger partial charge on any atom is -0.462 e. The van der Waals surface area contributed by atoms with Gasteiger partial charge in [-0.1, -0.05) is 0 Å². The van der Waals surface area contributed by atoms with Crippen LogP contribution in [0.5, 0.6) is 6.01 Å². The first-order valence-electron chi connectivity index (χ1n) is 11.5. The molecule has 31 heavy (non-hydrogen) atoms. The van der Waals surface area contributed by atoms with Gasteiger partial charge in [0.2, 0.25) is 0 Å². The molecule has 3 aliphatic rings. The van der Waals surface area contributed by atoms with Gasteiger partial charge in [0, 0.05) is 44.3 Å². The fourth-order valence-electron chi connectivity index (χ4n) is 4.43. The molecule has 0 radical (unpaired) electrons. The van der Waals surface area contributed by atoms with E-state index in [9.17, 15) is 4.79 Å². The zero-order valence-corrected chi connectivity index (χ0v) is 19.3. The van der Waals surface area contributed by atoms with Crippen molar-refractivity contribution in [3.8, 4) is 6.01 Å². The number of likely N-dealkylation sites (N-methyl/N-ethyl adjacent to an activating group) is 1. The van der Waals surface area contributed by atoms with Gasteiger partial charge in [-0.25, -0.2) is 4.79 Å². The molecule has 0 aromatic carbocycles. The summed E-state index contributed by atoms with van der Waals surface area (Å²) in [4.78, 5) is 28.3. The van der Waals surface area contributed by atoms with Gasteiger partial charge in [-0.15, -0.1) is 0 Å². The van der Waals surface area contributed by atoms with E-state index in [0.29, 0.717) is 31.7 Å². The van der Waals surface area contributed by atoms with Crippen molar-refractivity contribution in [3.05, 3.63) is 11.3 Å². The summed E-state index contributed by atoms with van der Waals surface area (Å²) in [6, 6.07) is 0.894. The van der Waals surface area contributed by atoms with Crippen LogP contribution in [0.25, 0.3) is 0 Å². The van der Waals surface area contributed by atoms with Crippen LogP contribution in [0.2, 0.25) is 0 Å². The number of amides is 1. The zero-order chi connectivity index (χ0) is 22.0. The van der Waals surface area contributed by atoms with Gasteiger partial charge in [0.1, 0.15) is 18.0 Å². The van der Waals surface area contributed by atoms with E-state index in [1.165, 1.54) is 12.0 Å². The lowest BCUT2D eigenvalue weighted by atomic mass is 10.1. The summed E-state index contributed by atoms with van der Waals surface area (Å²) in [7, 11) is 2.15. The Balaban J connectivity index is 1.45. The smallest absolute Gasteiger partial charge is 0.410 e. The van der Waals surface area contributed by atoms with Crippen LogP contribution in [0.3, 0.4) is 0 Å². The lowest BCUT2D eigenvalue weighted by Crippen LogP contribution is -2.50. The Labute approximate surface area is 185 Å². The Bertz CT molecular complexity index is 788. The molecule has 1 aromatic heterocycles. The van der Waals surface area contributed by atoms with Gasteiger partial charge in [-0.2, -0.15) is 9.97 Å². The fourth-order valence-corrected chi connectivity index (χ4v) is 4.43. The number of hydrogen-bond acceptors (Lipinski definition) is 8. The van der Waals surface area contributed by atoms with E-state index in [4.69, 9.17) is 19.4 Å². The Morgan fingerprint density at radius 2 is 1.94 bits per heavy atom. The third kappa shape index (κ3) is 5.38. The third-order valence-corrected chi connectivity index (χ3v) is 6.20. The Kier molecular flexibility index (Phi) is 6.52. The number of nitrogens with one attached hydrogen (secondary N) is 1. The summed E-state index contributed by atoms with van der Waals surface area (Å²) in [6.45, 7) is 11.8. The van der Waals surface area contributed by atoms with Gasteiger partial charge in [-0.05, 0) is 60.2 Å². The molecule has 172 valence electrons. The largest absolute Gasteiger partial charge is 0.462 e. The quantitative estimate of drug-likeness (QED) is 0.769. The van der Waals surface area contributed by atoms with Crippen LogP contribution in [-0.2, 0) is 17.7 Å². The number of likely N-dealkylation sites (tertiary alicyclic amines) is 1. The molecule has 1 unspecified atom stereocenters. The van der Waals surface area contributed by atoms with Gasteiger partial charge in [0.25, 0.3) is 0 Å². The number of hydrogen-bond donors (Lipinski definition) is 1. The number of carbonyl (C=O) groups excluding carboxylic acids is 1. The summed E-state index contributed by atoms with van der Waals surface area (Å²) in [6.07, 6.45) is 3.03. The van der Waals surface area contributed by atoms with Gasteiger partial charge >= 0.3 is 12.1 Å². The van der Waals surface area contributed by atoms with Crippen LogP contribution in [-0.4, -0.2) is 90.4 Å². The monoisotopic (exact) mass is 432 g/mol. The van der Waals surface area contributed by atoms with E-state index in [0.717, 1.165) is 57.1 Å². The maximum Gasteiger partial charge on any atom is 0.410 e. The minimum absolute atomic E-state index is 0.245. The highest BCUT2D eigenvalue weighted by atomic mass is 16.6. The molecule has 4 heterocycles. The Morgan fingerprint density at radius 1 is 1.16 bits per heavy atom. The first-order valence-corrected chi connectivity index (χ1v) is 11.5. The Hall–Kier alpha value is -2.13. The number of rotatable bonds is 4. The standard InChI is InChI=1S/C22H36N6O3/c1-22(2,3)31-21(29)28-12-10-27(11-13-28)19-17-7-8-23-14-18(17)24-20(25-19)30-15-16-6-5-9-26(16)4/h16,23H,5-15H2,1-4H3. The van der Waals surface area contributed by atoms with E-state index in [1.54, 1.807) is 4.90 Å². The number of fused-ring (bicyclic) bond motifs is 1.